The van der Waals surface area contributed by atoms with Crippen LogP contribution < -0.4 is 0 Å². The molecule has 5 heteroatoms. The third-order valence-corrected chi connectivity index (χ3v) is 2.46. The second kappa shape index (κ2) is 5.39. The number of aryl methyl sites for hydroxylation is 2. The Labute approximate surface area is 101 Å². The highest BCUT2D eigenvalue weighted by atomic mass is 16.2. The van der Waals surface area contributed by atoms with Gasteiger partial charge in [0.2, 0.25) is 0 Å². The molecule has 0 atom stereocenters. The lowest BCUT2D eigenvalue weighted by Crippen LogP contribution is -2.37. The summed E-state index contributed by atoms with van der Waals surface area (Å²) >= 11 is 0. The number of amides is 1. The third-order valence-electron chi connectivity index (χ3n) is 2.46. The van der Waals surface area contributed by atoms with Gasteiger partial charge in [0.05, 0.1) is 23.0 Å². The fraction of sp³-hybridized carbons (Fsp3) is 0.500. The molecule has 0 saturated heterocycles. The fourth-order valence-corrected chi connectivity index (χ4v) is 1.49. The van der Waals surface area contributed by atoms with Gasteiger partial charge in [0.25, 0.3) is 5.91 Å². The fourth-order valence-electron chi connectivity index (χ4n) is 1.49. The molecule has 1 rings (SSSR count). The number of hydrogen-bond acceptors (Lipinski definition) is 4. The van der Waals surface area contributed by atoms with Gasteiger partial charge in [-0.05, 0) is 33.8 Å². The first kappa shape index (κ1) is 13.1. The maximum absolute atomic E-state index is 12.3. The number of aromatic nitrogens is 2. The van der Waals surface area contributed by atoms with E-state index in [1.807, 2.05) is 19.9 Å². The van der Waals surface area contributed by atoms with E-state index in [1.165, 1.54) is 4.90 Å². The molecule has 0 N–H and O–H groups in total. The summed E-state index contributed by atoms with van der Waals surface area (Å²) < 4.78 is 0. The number of nitriles is 1. The highest BCUT2D eigenvalue weighted by Gasteiger charge is 2.20. The van der Waals surface area contributed by atoms with E-state index in [2.05, 4.69) is 10.2 Å². The van der Waals surface area contributed by atoms with Crippen molar-refractivity contribution in [3.8, 4) is 6.07 Å². The Bertz CT molecular complexity index is 462. The first-order valence-electron chi connectivity index (χ1n) is 5.46. The van der Waals surface area contributed by atoms with Gasteiger partial charge in [0, 0.05) is 6.04 Å². The molecular formula is C12H16N4O. The standard InChI is InChI=1S/C12H16N4O/c1-8(2)16(6-5-13)12(17)11-7-9(3)14-15-10(11)4/h7-8H,6H2,1-4H3. The predicted octanol–water partition coefficient (Wildman–Crippen LogP) is 1.47. The topological polar surface area (TPSA) is 69.9 Å². The van der Waals surface area contributed by atoms with Gasteiger partial charge in [-0.15, -0.1) is 0 Å². The maximum Gasteiger partial charge on any atom is 0.256 e. The van der Waals surface area contributed by atoms with E-state index in [9.17, 15) is 4.79 Å². The van der Waals surface area contributed by atoms with Crippen molar-refractivity contribution >= 4 is 5.91 Å². The summed E-state index contributed by atoms with van der Waals surface area (Å²) in [4.78, 5) is 13.8. The van der Waals surface area contributed by atoms with Gasteiger partial charge in [-0.25, -0.2) is 0 Å². The van der Waals surface area contributed by atoms with Gasteiger partial charge >= 0.3 is 0 Å². The van der Waals surface area contributed by atoms with Gasteiger partial charge in [0.1, 0.15) is 6.54 Å². The lowest BCUT2D eigenvalue weighted by Gasteiger charge is -2.24. The van der Waals surface area contributed by atoms with E-state index >= 15 is 0 Å². The molecule has 0 saturated carbocycles. The van der Waals surface area contributed by atoms with Crippen LogP contribution in [-0.4, -0.2) is 33.6 Å². The summed E-state index contributed by atoms with van der Waals surface area (Å²) in [6.07, 6.45) is 0. The third kappa shape index (κ3) is 3.00. The molecule has 1 amide bonds. The molecule has 1 heterocycles. The summed E-state index contributed by atoms with van der Waals surface area (Å²) in [6, 6.07) is 3.69. The van der Waals surface area contributed by atoms with Gasteiger partial charge < -0.3 is 4.90 Å². The van der Waals surface area contributed by atoms with Crippen LogP contribution in [0.4, 0.5) is 0 Å². The average Bonchev–Trinajstić information content (AvgIpc) is 2.28. The molecule has 90 valence electrons. The first-order chi connectivity index (χ1) is 7.97. The highest BCUT2D eigenvalue weighted by Crippen LogP contribution is 2.11. The molecule has 0 fully saturated rings. The summed E-state index contributed by atoms with van der Waals surface area (Å²) in [5, 5.41) is 16.5. The SMILES string of the molecule is Cc1cc(C(=O)N(CC#N)C(C)C)c(C)nn1. The molecule has 0 aliphatic carbocycles. The van der Waals surface area contributed by atoms with Crippen LogP contribution in [0.3, 0.4) is 0 Å². The molecule has 1 aromatic rings. The van der Waals surface area contributed by atoms with Crippen LogP contribution in [0, 0.1) is 25.2 Å². The Balaban J connectivity index is 3.10. The van der Waals surface area contributed by atoms with Crippen molar-refractivity contribution in [1.29, 1.82) is 5.26 Å². The molecule has 0 bridgehead atoms. The number of rotatable bonds is 3. The van der Waals surface area contributed by atoms with Gasteiger partial charge in [0.15, 0.2) is 0 Å². The second-order valence-electron chi connectivity index (χ2n) is 4.17. The quantitative estimate of drug-likeness (QED) is 0.740. The van der Waals surface area contributed by atoms with E-state index < -0.39 is 0 Å². The Kier molecular flexibility index (Phi) is 4.16. The van der Waals surface area contributed by atoms with Crippen LogP contribution in [0.2, 0.25) is 0 Å². The van der Waals surface area contributed by atoms with E-state index in [0.29, 0.717) is 17.0 Å². The number of hydrogen-bond donors (Lipinski definition) is 0. The normalized spacial score (nSPS) is 10.1. The van der Waals surface area contributed by atoms with Gasteiger partial charge in [-0.1, -0.05) is 0 Å². The predicted molar refractivity (Wildman–Crippen MR) is 63.3 cm³/mol. The van der Waals surface area contributed by atoms with Crippen LogP contribution in [-0.2, 0) is 0 Å². The number of carbonyl (C=O) groups excluding carboxylic acids is 1. The minimum Gasteiger partial charge on any atom is -0.323 e. The van der Waals surface area contributed by atoms with Crippen molar-refractivity contribution in [2.75, 3.05) is 6.54 Å². The molecule has 1 aromatic heterocycles. The van der Waals surface area contributed by atoms with Crippen molar-refractivity contribution in [3.63, 3.8) is 0 Å². The number of nitrogens with zero attached hydrogens (tertiary/aromatic N) is 4. The molecule has 0 spiro atoms. The average molecular weight is 232 g/mol. The van der Waals surface area contributed by atoms with Crippen molar-refractivity contribution in [1.82, 2.24) is 15.1 Å². The van der Waals surface area contributed by atoms with Gasteiger partial charge in [-0.3, -0.25) is 4.79 Å². The van der Waals surface area contributed by atoms with E-state index in [1.54, 1.807) is 19.9 Å². The van der Waals surface area contributed by atoms with Gasteiger partial charge in [-0.2, -0.15) is 15.5 Å². The Morgan fingerprint density at radius 3 is 2.65 bits per heavy atom. The molecule has 0 aliphatic rings. The molecule has 0 radical (unpaired) electrons. The minimum absolute atomic E-state index is 0.0185. The van der Waals surface area contributed by atoms with Crippen molar-refractivity contribution < 1.29 is 4.79 Å². The van der Waals surface area contributed by atoms with Crippen LogP contribution in [0.5, 0.6) is 0 Å². The zero-order valence-electron chi connectivity index (χ0n) is 10.6. The van der Waals surface area contributed by atoms with E-state index in [4.69, 9.17) is 5.26 Å². The zero-order valence-corrected chi connectivity index (χ0v) is 10.6. The van der Waals surface area contributed by atoms with Crippen LogP contribution in [0.1, 0.15) is 35.6 Å². The zero-order chi connectivity index (χ0) is 13.0. The molecular weight excluding hydrogens is 216 g/mol. The Morgan fingerprint density at radius 1 is 1.47 bits per heavy atom. The summed E-state index contributed by atoms with van der Waals surface area (Å²) in [7, 11) is 0. The Morgan fingerprint density at radius 2 is 2.12 bits per heavy atom. The van der Waals surface area contributed by atoms with Crippen molar-refractivity contribution in [3.05, 3.63) is 23.0 Å². The van der Waals surface area contributed by atoms with Crippen molar-refractivity contribution in [2.45, 2.75) is 33.7 Å². The van der Waals surface area contributed by atoms with Crippen LogP contribution >= 0.6 is 0 Å². The Hall–Kier alpha value is -1.96. The summed E-state index contributed by atoms with van der Waals surface area (Å²) in [5.74, 6) is -0.169. The molecule has 0 aliphatic heterocycles. The van der Waals surface area contributed by atoms with E-state index in [-0.39, 0.29) is 18.5 Å². The second-order valence-corrected chi connectivity index (χ2v) is 4.17. The van der Waals surface area contributed by atoms with Crippen LogP contribution in [0.15, 0.2) is 6.07 Å². The monoisotopic (exact) mass is 232 g/mol. The summed E-state index contributed by atoms with van der Waals surface area (Å²) in [5.41, 5.74) is 1.80. The molecule has 0 aromatic carbocycles. The smallest absolute Gasteiger partial charge is 0.256 e. The lowest BCUT2D eigenvalue weighted by atomic mass is 10.1. The number of carbonyl (C=O) groups is 1. The first-order valence-corrected chi connectivity index (χ1v) is 5.46. The van der Waals surface area contributed by atoms with Crippen LogP contribution in [0.25, 0.3) is 0 Å². The van der Waals surface area contributed by atoms with Crippen molar-refractivity contribution in [2.24, 2.45) is 0 Å². The molecule has 5 nitrogen and oxygen atoms in total. The maximum atomic E-state index is 12.3. The summed E-state index contributed by atoms with van der Waals surface area (Å²) in [6.45, 7) is 7.37. The molecule has 17 heavy (non-hydrogen) atoms. The molecule has 0 unspecified atom stereocenters. The lowest BCUT2D eigenvalue weighted by molar-refractivity contribution is 0.0729. The largest absolute Gasteiger partial charge is 0.323 e. The highest BCUT2D eigenvalue weighted by molar-refractivity contribution is 5.95. The minimum atomic E-state index is -0.169. The van der Waals surface area contributed by atoms with E-state index in [0.717, 1.165) is 0 Å².